The van der Waals surface area contributed by atoms with Gasteiger partial charge in [-0.1, -0.05) is 23.9 Å². The molecule has 3 rings (SSSR count). The molecular weight excluding hydrogens is 326 g/mol. The third-order valence-corrected chi connectivity index (χ3v) is 4.33. The van der Waals surface area contributed by atoms with Crippen molar-refractivity contribution in [2.45, 2.75) is 10.9 Å². The van der Waals surface area contributed by atoms with E-state index in [2.05, 4.69) is 19.9 Å². The minimum absolute atomic E-state index is 0.00542. The predicted molar refractivity (Wildman–Crippen MR) is 94.1 cm³/mol. The lowest BCUT2D eigenvalue weighted by molar-refractivity contribution is 0.280. The van der Waals surface area contributed by atoms with E-state index in [1.807, 2.05) is 29.2 Å². The van der Waals surface area contributed by atoms with Gasteiger partial charge in [0, 0.05) is 19.3 Å². The number of hydrogen-bond acceptors (Lipinski definition) is 7. The van der Waals surface area contributed by atoms with Crippen molar-refractivity contribution in [1.82, 2.24) is 19.9 Å². The van der Waals surface area contributed by atoms with Crippen LogP contribution in [0.5, 0.6) is 0 Å². The van der Waals surface area contributed by atoms with E-state index in [-0.39, 0.29) is 13.2 Å². The van der Waals surface area contributed by atoms with E-state index in [4.69, 9.17) is 10.2 Å². The number of aromatic amines is 1. The second kappa shape index (κ2) is 8.09. The number of aliphatic hydroxyl groups excluding tert-OH is 2. The molecule has 0 saturated carbocycles. The Labute approximate surface area is 143 Å². The lowest BCUT2D eigenvalue weighted by Gasteiger charge is -2.21. The molecule has 126 valence electrons. The summed E-state index contributed by atoms with van der Waals surface area (Å²) in [6.07, 6.45) is 1.69. The quantitative estimate of drug-likeness (QED) is 0.420. The van der Waals surface area contributed by atoms with Crippen LogP contribution >= 0.6 is 11.8 Å². The third kappa shape index (κ3) is 4.02. The Balaban J connectivity index is 1.69. The Morgan fingerprint density at radius 1 is 1.04 bits per heavy atom. The minimum Gasteiger partial charge on any atom is -0.395 e. The number of aliphatic hydroxyl groups is 2. The predicted octanol–water partition coefficient (Wildman–Crippen LogP) is 1.44. The number of fused-ring (bicyclic) bond motifs is 1. The molecule has 0 bridgehead atoms. The summed E-state index contributed by atoms with van der Waals surface area (Å²) < 4.78 is 0. The topological polar surface area (TPSA) is 98.2 Å². The van der Waals surface area contributed by atoms with Gasteiger partial charge in [-0.25, -0.2) is 15.0 Å². The lowest BCUT2D eigenvalue weighted by Crippen LogP contribution is -2.30. The standard InChI is InChI=1S/C16H19N5O2S/c22-9-7-21(8-10-23)15-5-6-17-16(20-15)24-11-14-18-12-3-1-2-4-13(12)19-14/h1-6,22-23H,7-11H2,(H,18,19). The third-order valence-electron chi connectivity index (χ3n) is 3.46. The first-order chi connectivity index (χ1) is 11.8. The first kappa shape index (κ1) is 16.7. The van der Waals surface area contributed by atoms with Gasteiger partial charge in [-0.15, -0.1) is 0 Å². The van der Waals surface area contributed by atoms with E-state index in [9.17, 15) is 0 Å². The van der Waals surface area contributed by atoms with Crippen LogP contribution in [0.25, 0.3) is 11.0 Å². The first-order valence-electron chi connectivity index (χ1n) is 7.66. The van der Waals surface area contributed by atoms with Crippen LogP contribution in [-0.4, -0.2) is 56.5 Å². The highest BCUT2D eigenvalue weighted by Crippen LogP contribution is 2.21. The van der Waals surface area contributed by atoms with E-state index < -0.39 is 0 Å². The van der Waals surface area contributed by atoms with Gasteiger partial charge in [-0.05, 0) is 18.2 Å². The van der Waals surface area contributed by atoms with Crippen LogP contribution in [0.1, 0.15) is 5.82 Å². The van der Waals surface area contributed by atoms with Gasteiger partial charge in [0.1, 0.15) is 11.6 Å². The molecule has 2 heterocycles. The van der Waals surface area contributed by atoms with Crippen LogP contribution in [0.2, 0.25) is 0 Å². The molecule has 0 saturated heterocycles. The molecule has 0 fully saturated rings. The fourth-order valence-corrected chi connectivity index (χ4v) is 3.06. The van der Waals surface area contributed by atoms with Gasteiger partial charge in [0.2, 0.25) is 0 Å². The fourth-order valence-electron chi connectivity index (χ4n) is 2.37. The van der Waals surface area contributed by atoms with Gasteiger partial charge in [0.15, 0.2) is 5.16 Å². The number of imidazole rings is 1. The van der Waals surface area contributed by atoms with Crippen molar-refractivity contribution in [1.29, 1.82) is 0 Å². The average Bonchev–Trinajstić information content (AvgIpc) is 3.03. The van der Waals surface area contributed by atoms with E-state index in [1.165, 1.54) is 11.8 Å². The highest BCUT2D eigenvalue weighted by molar-refractivity contribution is 7.98. The van der Waals surface area contributed by atoms with Gasteiger partial charge < -0.3 is 20.1 Å². The van der Waals surface area contributed by atoms with Crippen LogP contribution in [0.4, 0.5) is 5.82 Å². The molecule has 0 radical (unpaired) electrons. The number of rotatable bonds is 8. The first-order valence-corrected chi connectivity index (χ1v) is 8.65. The molecule has 0 aliphatic rings. The zero-order valence-electron chi connectivity index (χ0n) is 13.1. The molecule has 1 aromatic carbocycles. The average molecular weight is 345 g/mol. The van der Waals surface area contributed by atoms with Gasteiger partial charge in [0.25, 0.3) is 0 Å². The monoisotopic (exact) mass is 345 g/mol. The highest BCUT2D eigenvalue weighted by Gasteiger charge is 2.10. The summed E-state index contributed by atoms with van der Waals surface area (Å²) in [7, 11) is 0. The van der Waals surface area contributed by atoms with Gasteiger partial charge in [-0.3, -0.25) is 0 Å². The Kier molecular flexibility index (Phi) is 5.63. The Morgan fingerprint density at radius 3 is 2.58 bits per heavy atom. The smallest absolute Gasteiger partial charge is 0.189 e. The zero-order valence-corrected chi connectivity index (χ0v) is 13.9. The van der Waals surface area contributed by atoms with Crippen molar-refractivity contribution in [3.8, 4) is 0 Å². The summed E-state index contributed by atoms with van der Waals surface area (Å²) >= 11 is 1.49. The Morgan fingerprint density at radius 2 is 1.83 bits per heavy atom. The van der Waals surface area contributed by atoms with Crippen LogP contribution in [0, 0.1) is 0 Å². The Bertz CT molecular complexity index is 756. The molecule has 7 nitrogen and oxygen atoms in total. The van der Waals surface area contributed by atoms with Gasteiger partial charge >= 0.3 is 0 Å². The molecule has 0 aliphatic heterocycles. The number of nitrogens with one attached hydrogen (secondary N) is 1. The van der Waals surface area contributed by atoms with Crippen molar-refractivity contribution in [2.75, 3.05) is 31.2 Å². The van der Waals surface area contributed by atoms with Crippen LogP contribution in [0.3, 0.4) is 0 Å². The van der Waals surface area contributed by atoms with E-state index in [0.717, 1.165) is 16.9 Å². The molecule has 24 heavy (non-hydrogen) atoms. The van der Waals surface area contributed by atoms with Crippen molar-refractivity contribution in [2.24, 2.45) is 0 Å². The van der Waals surface area contributed by atoms with E-state index >= 15 is 0 Å². The summed E-state index contributed by atoms with van der Waals surface area (Å²) in [5.41, 5.74) is 1.96. The second-order valence-corrected chi connectivity index (χ2v) is 6.06. The maximum atomic E-state index is 9.13. The summed E-state index contributed by atoms with van der Waals surface area (Å²) in [6.45, 7) is 0.855. The molecule has 8 heteroatoms. The molecule has 3 aromatic rings. The SMILES string of the molecule is OCCN(CCO)c1ccnc(SCc2nc3ccccc3[nH]2)n1. The van der Waals surface area contributed by atoms with Crippen LogP contribution in [0.15, 0.2) is 41.7 Å². The summed E-state index contributed by atoms with van der Waals surface area (Å²) in [5, 5.41) is 18.9. The second-order valence-electron chi connectivity index (χ2n) is 5.12. The molecule has 0 unspecified atom stereocenters. The zero-order chi connectivity index (χ0) is 16.8. The minimum atomic E-state index is 0.00542. The molecule has 0 atom stereocenters. The Hall–Kier alpha value is -2.16. The number of H-pyrrole nitrogens is 1. The number of aromatic nitrogens is 4. The highest BCUT2D eigenvalue weighted by atomic mass is 32.2. The van der Waals surface area contributed by atoms with E-state index in [0.29, 0.717) is 29.8 Å². The van der Waals surface area contributed by atoms with Crippen LogP contribution in [-0.2, 0) is 5.75 Å². The summed E-state index contributed by atoms with van der Waals surface area (Å²) in [6, 6.07) is 9.68. The van der Waals surface area contributed by atoms with Crippen molar-refractivity contribution in [3.63, 3.8) is 0 Å². The fraction of sp³-hybridized carbons (Fsp3) is 0.312. The van der Waals surface area contributed by atoms with Crippen LogP contribution < -0.4 is 4.90 Å². The molecule has 2 aromatic heterocycles. The maximum Gasteiger partial charge on any atom is 0.189 e. The van der Waals surface area contributed by atoms with Crippen molar-refractivity contribution >= 4 is 28.6 Å². The van der Waals surface area contributed by atoms with Crippen molar-refractivity contribution in [3.05, 3.63) is 42.4 Å². The molecule has 0 spiro atoms. The molecule has 3 N–H and O–H groups in total. The lowest BCUT2D eigenvalue weighted by atomic mass is 10.3. The number of anilines is 1. The van der Waals surface area contributed by atoms with Crippen molar-refractivity contribution < 1.29 is 10.2 Å². The van der Waals surface area contributed by atoms with E-state index in [1.54, 1.807) is 12.3 Å². The molecular formula is C16H19N5O2S. The number of thioether (sulfide) groups is 1. The number of hydrogen-bond donors (Lipinski definition) is 3. The summed E-state index contributed by atoms with van der Waals surface area (Å²) in [4.78, 5) is 18.4. The molecule has 0 aliphatic carbocycles. The van der Waals surface area contributed by atoms with Gasteiger partial charge in [0.05, 0.1) is 30.0 Å². The number of benzene rings is 1. The summed E-state index contributed by atoms with van der Waals surface area (Å²) in [5.74, 6) is 2.20. The number of nitrogens with zero attached hydrogens (tertiary/aromatic N) is 4. The molecule has 0 amide bonds. The number of para-hydroxylation sites is 2. The maximum absolute atomic E-state index is 9.13. The normalized spacial score (nSPS) is 11.1. The van der Waals surface area contributed by atoms with Gasteiger partial charge in [-0.2, -0.15) is 0 Å². The largest absolute Gasteiger partial charge is 0.395 e.